The van der Waals surface area contributed by atoms with Crippen LogP contribution in [0, 0.1) is 6.92 Å². The molecule has 0 bridgehead atoms. The molecule has 0 amide bonds. The Hall–Kier alpha value is -1.62. The first-order valence-corrected chi connectivity index (χ1v) is 6.25. The highest BCUT2D eigenvalue weighted by molar-refractivity contribution is 9.10. The summed E-state index contributed by atoms with van der Waals surface area (Å²) in [5.74, 6) is 0.772. The van der Waals surface area contributed by atoms with Gasteiger partial charge >= 0.3 is 5.69 Å². The number of rotatable bonds is 3. The van der Waals surface area contributed by atoms with Gasteiger partial charge in [0.1, 0.15) is 5.75 Å². The third-order valence-electron chi connectivity index (χ3n) is 2.55. The third-order valence-corrected chi connectivity index (χ3v) is 3.17. The normalized spacial score (nSPS) is 10.4. The van der Waals surface area contributed by atoms with Gasteiger partial charge in [-0.05, 0) is 46.1 Å². The summed E-state index contributed by atoms with van der Waals surface area (Å²) in [6, 6.07) is 5.74. The number of ether oxygens (including phenoxy) is 1. The largest absolute Gasteiger partial charge is 0.496 e. The van der Waals surface area contributed by atoms with Gasteiger partial charge in [-0.2, -0.15) is 0 Å². The maximum Gasteiger partial charge on any atom is 0.347 e. The van der Waals surface area contributed by atoms with Crippen LogP contribution in [-0.4, -0.2) is 16.7 Å². The highest BCUT2D eigenvalue weighted by Crippen LogP contribution is 2.25. The van der Waals surface area contributed by atoms with Crippen molar-refractivity contribution in [3.8, 4) is 5.75 Å². The Kier molecular flexibility index (Phi) is 3.81. The Labute approximate surface area is 113 Å². The fourth-order valence-corrected chi connectivity index (χ4v) is 2.27. The van der Waals surface area contributed by atoms with E-state index in [0.29, 0.717) is 6.54 Å². The van der Waals surface area contributed by atoms with Crippen LogP contribution in [-0.2, 0) is 6.54 Å². The number of aryl methyl sites for hydroxylation is 1. The Morgan fingerprint density at radius 2 is 2.22 bits per heavy atom. The summed E-state index contributed by atoms with van der Waals surface area (Å²) >= 11 is 3.43. The zero-order valence-electron chi connectivity index (χ0n) is 10.2. The molecule has 2 aromatic rings. The molecular weight excluding hydrogens is 296 g/mol. The predicted molar refractivity (Wildman–Crippen MR) is 73.0 cm³/mol. The fourth-order valence-electron chi connectivity index (χ4n) is 1.68. The summed E-state index contributed by atoms with van der Waals surface area (Å²) in [4.78, 5) is 15.4. The second-order valence-electron chi connectivity index (χ2n) is 4.01. The van der Waals surface area contributed by atoms with E-state index in [0.717, 1.165) is 21.3 Å². The lowest BCUT2D eigenvalue weighted by Gasteiger charge is -2.08. The van der Waals surface area contributed by atoms with E-state index in [1.54, 1.807) is 24.1 Å². The van der Waals surface area contributed by atoms with E-state index in [4.69, 9.17) is 4.74 Å². The predicted octanol–water partition coefficient (Wildman–Crippen LogP) is 2.37. The number of halogens is 1. The van der Waals surface area contributed by atoms with Crippen LogP contribution >= 0.6 is 15.9 Å². The lowest BCUT2D eigenvalue weighted by Crippen LogP contribution is -2.22. The first kappa shape index (κ1) is 12.8. The van der Waals surface area contributed by atoms with Crippen molar-refractivity contribution in [3.05, 3.63) is 56.7 Å². The van der Waals surface area contributed by atoms with E-state index in [-0.39, 0.29) is 5.69 Å². The molecule has 0 saturated carbocycles. The molecule has 0 aliphatic rings. The highest BCUT2D eigenvalue weighted by atomic mass is 79.9. The maximum absolute atomic E-state index is 11.6. The average molecular weight is 309 g/mol. The molecular formula is C13H13BrN2O2. The molecule has 1 aromatic heterocycles. The minimum Gasteiger partial charge on any atom is -0.496 e. The molecule has 0 radical (unpaired) electrons. The van der Waals surface area contributed by atoms with Crippen molar-refractivity contribution in [2.24, 2.45) is 0 Å². The van der Waals surface area contributed by atoms with Crippen molar-refractivity contribution < 1.29 is 4.74 Å². The molecule has 18 heavy (non-hydrogen) atoms. The summed E-state index contributed by atoms with van der Waals surface area (Å²) in [5, 5.41) is 0. The van der Waals surface area contributed by atoms with E-state index in [2.05, 4.69) is 20.9 Å². The lowest BCUT2D eigenvalue weighted by atomic mass is 10.2. The van der Waals surface area contributed by atoms with Crippen molar-refractivity contribution in [1.82, 2.24) is 9.55 Å². The molecule has 94 valence electrons. The second kappa shape index (κ2) is 5.35. The summed E-state index contributed by atoms with van der Waals surface area (Å²) in [6.07, 6.45) is 3.37. The van der Waals surface area contributed by atoms with E-state index in [1.807, 2.05) is 25.1 Å². The highest BCUT2D eigenvalue weighted by Gasteiger charge is 2.03. The molecule has 0 spiro atoms. The molecule has 0 atom stereocenters. The van der Waals surface area contributed by atoms with Gasteiger partial charge in [0.15, 0.2) is 0 Å². The Morgan fingerprint density at radius 3 is 2.89 bits per heavy atom. The Balaban J connectivity index is 2.31. The number of methoxy groups -OCH3 is 1. The van der Waals surface area contributed by atoms with Crippen LogP contribution in [0.15, 0.2) is 39.9 Å². The van der Waals surface area contributed by atoms with Gasteiger partial charge in [0.05, 0.1) is 18.1 Å². The molecule has 0 aliphatic carbocycles. The topological polar surface area (TPSA) is 44.1 Å². The molecule has 1 aromatic carbocycles. The van der Waals surface area contributed by atoms with Crippen molar-refractivity contribution >= 4 is 15.9 Å². The monoisotopic (exact) mass is 308 g/mol. The van der Waals surface area contributed by atoms with Crippen LogP contribution < -0.4 is 10.4 Å². The number of hydrogen-bond acceptors (Lipinski definition) is 3. The van der Waals surface area contributed by atoms with Crippen molar-refractivity contribution in [2.75, 3.05) is 7.11 Å². The SMILES string of the molecule is COc1ccc(Cn2cc(C)cnc2=O)cc1Br. The molecule has 4 nitrogen and oxygen atoms in total. The quantitative estimate of drug-likeness (QED) is 0.874. The zero-order chi connectivity index (χ0) is 13.1. The van der Waals surface area contributed by atoms with Crippen LogP contribution in [0.2, 0.25) is 0 Å². The van der Waals surface area contributed by atoms with Crippen LogP contribution in [0.5, 0.6) is 5.75 Å². The molecule has 0 saturated heterocycles. The van der Waals surface area contributed by atoms with Gasteiger partial charge in [0.25, 0.3) is 0 Å². The number of benzene rings is 1. The van der Waals surface area contributed by atoms with E-state index in [9.17, 15) is 4.79 Å². The number of aromatic nitrogens is 2. The molecule has 2 rings (SSSR count). The molecule has 1 heterocycles. The van der Waals surface area contributed by atoms with Crippen LogP contribution in [0.25, 0.3) is 0 Å². The van der Waals surface area contributed by atoms with Crippen LogP contribution in [0.1, 0.15) is 11.1 Å². The first-order valence-electron chi connectivity index (χ1n) is 5.45. The van der Waals surface area contributed by atoms with Gasteiger partial charge in [0.2, 0.25) is 0 Å². The van der Waals surface area contributed by atoms with Crippen LogP contribution in [0.4, 0.5) is 0 Å². The second-order valence-corrected chi connectivity index (χ2v) is 4.87. The van der Waals surface area contributed by atoms with E-state index >= 15 is 0 Å². The average Bonchev–Trinajstić information content (AvgIpc) is 2.34. The van der Waals surface area contributed by atoms with E-state index in [1.165, 1.54) is 0 Å². The van der Waals surface area contributed by atoms with E-state index < -0.39 is 0 Å². The summed E-state index contributed by atoms with van der Waals surface area (Å²) in [7, 11) is 1.62. The number of hydrogen-bond donors (Lipinski definition) is 0. The van der Waals surface area contributed by atoms with Gasteiger partial charge in [-0.15, -0.1) is 0 Å². The Morgan fingerprint density at radius 1 is 1.44 bits per heavy atom. The Bertz CT molecular complexity index is 623. The molecule has 0 unspecified atom stereocenters. The van der Waals surface area contributed by atoms with Gasteiger partial charge in [0, 0.05) is 12.4 Å². The number of nitrogens with zero attached hydrogens (tertiary/aromatic N) is 2. The molecule has 0 fully saturated rings. The summed E-state index contributed by atoms with van der Waals surface area (Å²) < 4.78 is 7.62. The van der Waals surface area contributed by atoms with Crippen LogP contribution in [0.3, 0.4) is 0 Å². The molecule has 0 aliphatic heterocycles. The van der Waals surface area contributed by atoms with Crippen molar-refractivity contribution in [2.45, 2.75) is 13.5 Å². The van der Waals surface area contributed by atoms with Crippen molar-refractivity contribution in [3.63, 3.8) is 0 Å². The van der Waals surface area contributed by atoms with Gasteiger partial charge in [-0.1, -0.05) is 6.07 Å². The standard InChI is InChI=1S/C13H13BrN2O2/c1-9-6-15-13(17)16(7-9)8-10-3-4-12(18-2)11(14)5-10/h3-7H,8H2,1-2H3. The zero-order valence-corrected chi connectivity index (χ0v) is 11.8. The van der Waals surface area contributed by atoms with Crippen molar-refractivity contribution in [1.29, 1.82) is 0 Å². The summed E-state index contributed by atoms with van der Waals surface area (Å²) in [6.45, 7) is 2.41. The minimum absolute atomic E-state index is 0.243. The smallest absolute Gasteiger partial charge is 0.347 e. The van der Waals surface area contributed by atoms with Gasteiger partial charge < -0.3 is 4.74 Å². The minimum atomic E-state index is -0.243. The first-order chi connectivity index (χ1) is 8.60. The maximum atomic E-state index is 11.6. The fraction of sp³-hybridized carbons (Fsp3) is 0.231. The molecule has 0 N–H and O–H groups in total. The third kappa shape index (κ3) is 2.79. The summed E-state index contributed by atoms with van der Waals surface area (Å²) in [5.41, 5.74) is 1.73. The van der Waals surface area contributed by atoms with Gasteiger partial charge in [-0.25, -0.2) is 9.78 Å². The molecule has 5 heteroatoms. The van der Waals surface area contributed by atoms with Gasteiger partial charge in [-0.3, -0.25) is 4.57 Å². The lowest BCUT2D eigenvalue weighted by molar-refractivity contribution is 0.412.